The molecule has 1 heterocycles. The lowest BCUT2D eigenvalue weighted by Gasteiger charge is -2.15. The van der Waals surface area contributed by atoms with Crippen molar-refractivity contribution in [3.8, 4) is 5.75 Å². The molecule has 140 valence electrons. The first-order valence-electron chi connectivity index (χ1n) is 8.20. The van der Waals surface area contributed by atoms with E-state index in [0.717, 1.165) is 20.1 Å². The van der Waals surface area contributed by atoms with Crippen LogP contribution in [0.5, 0.6) is 5.75 Å². The highest BCUT2D eigenvalue weighted by molar-refractivity contribution is 9.11. The number of ether oxygens (including phenoxy) is 1. The molecule has 1 aliphatic rings. The number of halogens is 2. The molecule has 2 aromatic carbocycles. The molecule has 2 atom stereocenters. The van der Waals surface area contributed by atoms with Crippen LogP contribution in [0.2, 0.25) is 0 Å². The molecule has 6 nitrogen and oxygen atoms in total. The van der Waals surface area contributed by atoms with Crippen LogP contribution in [-0.4, -0.2) is 31.7 Å². The second kappa shape index (κ2) is 8.67. The molecule has 0 aliphatic carbocycles. The Balaban J connectivity index is 1.71. The summed E-state index contributed by atoms with van der Waals surface area (Å²) in [5.74, 6) is -1.06. The van der Waals surface area contributed by atoms with Crippen LogP contribution in [0.4, 0.5) is 0 Å². The Morgan fingerprint density at radius 1 is 1.26 bits per heavy atom. The zero-order valence-corrected chi connectivity index (χ0v) is 17.6. The number of methoxy groups -OCH3 is 1. The molecule has 0 unspecified atom stereocenters. The van der Waals surface area contributed by atoms with Crippen LogP contribution in [0.3, 0.4) is 0 Å². The fourth-order valence-electron chi connectivity index (χ4n) is 3.02. The standard InChI is InChI=1S/C19H17Br2N3O3/c1-27-17-14(20)7-11(8-15(17)21)9-23-24-19(26)16-13(10-22-18(16)25)12-5-3-2-4-6-12/h2-9,13,16H,10H2,1H3,(H,22,25)(H,24,26)/b23-9+/t13-,16+/m1/s1. The molecule has 3 rings (SSSR count). The quantitative estimate of drug-likeness (QED) is 0.380. The molecular formula is C19H17Br2N3O3. The SMILES string of the molecule is COc1c(Br)cc(/C=N/NC(=O)[C@@H]2C(=O)NC[C@@H]2c2ccccc2)cc1Br. The molecule has 2 amide bonds. The molecule has 2 aromatic rings. The minimum atomic E-state index is -0.807. The number of rotatable bonds is 5. The van der Waals surface area contributed by atoms with Gasteiger partial charge in [-0.05, 0) is 55.1 Å². The van der Waals surface area contributed by atoms with Crippen LogP contribution in [0, 0.1) is 5.92 Å². The molecule has 2 N–H and O–H groups in total. The van der Waals surface area contributed by atoms with E-state index in [9.17, 15) is 9.59 Å². The van der Waals surface area contributed by atoms with Gasteiger partial charge in [-0.3, -0.25) is 9.59 Å². The fourth-order valence-corrected chi connectivity index (χ4v) is 4.57. The van der Waals surface area contributed by atoms with Crippen LogP contribution < -0.4 is 15.5 Å². The first kappa shape index (κ1) is 19.6. The highest BCUT2D eigenvalue weighted by Gasteiger charge is 2.40. The Labute approximate surface area is 173 Å². The van der Waals surface area contributed by atoms with E-state index in [2.05, 4.69) is 47.7 Å². The fraction of sp³-hybridized carbons (Fsp3) is 0.211. The Hall–Kier alpha value is -2.19. The van der Waals surface area contributed by atoms with Crippen molar-refractivity contribution in [1.29, 1.82) is 0 Å². The van der Waals surface area contributed by atoms with Crippen molar-refractivity contribution >= 4 is 49.9 Å². The van der Waals surface area contributed by atoms with Crippen molar-refractivity contribution in [3.05, 3.63) is 62.5 Å². The summed E-state index contributed by atoms with van der Waals surface area (Å²) in [6.07, 6.45) is 1.51. The highest BCUT2D eigenvalue weighted by Crippen LogP contribution is 2.34. The monoisotopic (exact) mass is 493 g/mol. The average molecular weight is 495 g/mol. The predicted octanol–water partition coefficient (Wildman–Crippen LogP) is 3.20. The van der Waals surface area contributed by atoms with Crippen molar-refractivity contribution in [3.63, 3.8) is 0 Å². The third-order valence-electron chi connectivity index (χ3n) is 4.30. The maximum Gasteiger partial charge on any atom is 0.253 e. The van der Waals surface area contributed by atoms with E-state index < -0.39 is 11.8 Å². The van der Waals surface area contributed by atoms with Crippen LogP contribution in [0.1, 0.15) is 17.0 Å². The van der Waals surface area contributed by atoms with Gasteiger partial charge in [0, 0.05) is 12.5 Å². The summed E-state index contributed by atoms with van der Waals surface area (Å²) >= 11 is 6.84. The summed E-state index contributed by atoms with van der Waals surface area (Å²) in [6.45, 7) is 0.434. The summed E-state index contributed by atoms with van der Waals surface area (Å²) in [6, 6.07) is 13.2. The second-order valence-corrected chi connectivity index (χ2v) is 7.70. The highest BCUT2D eigenvalue weighted by atomic mass is 79.9. The van der Waals surface area contributed by atoms with E-state index in [1.807, 2.05) is 42.5 Å². The number of hydrogen-bond donors (Lipinski definition) is 2. The molecule has 8 heteroatoms. The normalized spacial score (nSPS) is 19.1. The smallest absolute Gasteiger partial charge is 0.253 e. The second-order valence-electron chi connectivity index (χ2n) is 5.99. The van der Waals surface area contributed by atoms with E-state index in [-0.39, 0.29) is 11.8 Å². The lowest BCUT2D eigenvalue weighted by atomic mass is 9.88. The van der Waals surface area contributed by atoms with Gasteiger partial charge in [0.25, 0.3) is 5.91 Å². The lowest BCUT2D eigenvalue weighted by Crippen LogP contribution is -2.34. The van der Waals surface area contributed by atoms with Gasteiger partial charge in [0.1, 0.15) is 11.7 Å². The number of hydrogen-bond acceptors (Lipinski definition) is 4. The van der Waals surface area contributed by atoms with Crippen LogP contribution in [-0.2, 0) is 9.59 Å². The van der Waals surface area contributed by atoms with Crippen molar-refractivity contribution in [2.24, 2.45) is 11.0 Å². The van der Waals surface area contributed by atoms with Gasteiger partial charge in [0.05, 0.1) is 22.3 Å². The molecule has 0 radical (unpaired) electrons. The van der Waals surface area contributed by atoms with Crippen LogP contribution in [0.15, 0.2) is 56.5 Å². The topological polar surface area (TPSA) is 79.8 Å². The van der Waals surface area contributed by atoms with Gasteiger partial charge < -0.3 is 10.1 Å². The number of hydrazone groups is 1. The number of amides is 2. The summed E-state index contributed by atoms with van der Waals surface area (Å²) in [5.41, 5.74) is 4.18. The van der Waals surface area contributed by atoms with Gasteiger partial charge in [-0.15, -0.1) is 0 Å². The first-order chi connectivity index (χ1) is 13.0. The number of benzene rings is 2. The molecule has 1 fully saturated rings. The zero-order valence-electron chi connectivity index (χ0n) is 14.4. The van der Waals surface area contributed by atoms with Crippen molar-refractivity contribution in [1.82, 2.24) is 10.7 Å². The largest absolute Gasteiger partial charge is 0.494 e. The first-order valence-corrected chi connectivity index (χ1v) is 9.78. The molecule has 0 spiro atoms. The number of carbonyl (C=O) groups is 2. The Morgan fingerprint density at radius 3 is 2.56 bits per heavy atom. The number of nitrogens with zero attached hydrogens (tertiary/aromatic N) is 1. The minimum absolute atomic E-state index is 0.210. The Morgan fingerprint density at radius 2 is 1.93 bits per heavy atom. The molecule has 0 bridgehead atoms. The molecule has 1 aliphatic heterocycles. The summed E-state index contributed by atoms with van der Waals surface area (Å²) < 4.78 is 6.77. The van der Waals surface area contributed by atoms with Gasteiger partial charge in [-0.1, -0.05) is 30.3 Å². The van der Waals surface area contributed by atoms with Gasteiger partial charge in [-0.2, -0.15) is 5.10 Å². The maximum absolute atomic E-state index is 12.5. The van der Waals surface area contributed by atoms with Gasteiger partial charge in [-0.25, -0.2) is 5.43 Å². The van der Waals surface area contributed by atoms with Gasteiger partial charge >= 0.3 is 0 Å². The predicted molar refractivity (Wildman–Crippen MR) is 110 cm³/mol. The Kier molecular flexibility index (Phi) is 6.28. The summed E-state index contributed by atoms with van der Waals surface area (Å²) in [5, 5.41) is 6.76. The third kappa shape index (κ3) is 4.39. The number of carbonyl (C=O) groups excluding carboxylic acids is 2. The maximum atomic E-state index is 12.5. The van der Waals surface area contributed by atoms with Gasteiger partial charge in [0.15, 0.2) is 0 Å². The molecule has 0 aromatic heterocycles. The van der Waals surface area contributed by atoms with E-state index in [4.69, 9.17) is 4.74 Å². The average Bonchev–Trinajstić information content (AvgIpc) is 3.04. The Bertz CT molecular complexity index is 864. The van der Waals surface area contributed by atoms with Gasteiger partial charge in [0.2, 0.25) is 5.91 Å². The van der Waals surface area contributed by atoms with Crippen LogP contribution in [0.25, 0.3) is 0 Å². The molecule has 27 heavy (non-hydrogen) atoms. The summed E-state index contributed by atoms with van der Waals surface area (Å²) in [7, 11) is 1.58. The van der Waals surface area contributed by atoms with E-state index in [1.165, 1.54) is 6.21 Å². The van der Waals surface area contributed by atoms with Crippen molar-refractivity contribution < 1.29 is 14.3 Å². The van der Waals surface area contributed by atoms with E-state index in [0.29, 0.717) is 12.3 Å². The zero-order chi connectivity index (χ0) is 19.4. The molecular weight excluding hydrogens is 478 g/mol. The third-order valence-corrected chi connectivity index (χ3v) is 5.48. The van der Waals surface area contributed by atoms with Crippen LogP contribution >= 0.6 is 31.9 Å². The van der Waals surface area contributed by atoms with E-state index in [1.54, 1.807) is 7.11 Å². The summed E-state index contributed by atoms with van der Waals surface area (Å²) in [4.78, 5) is 24.7. The molecule has 0 saturated carbocycles. The minimum Gasteiger partial charge on any atom is -0.494 e. The molecule has 1 saturated heterocycles. The lowest BCUT2D eigenvalue weighted by molar-refractivity contribution is -0.133. The van der Waals surface area contributed by atoms with Crippen molar-refractivity contribution in [2.75, 3.05) is 13.7 Å². The van der Waals surface area contributed by atoms with Crippen molar-refractivity contribution in [2.45, 2.75) is 5.92 Å². The number of nitrogens with one attached hydrogen (secondary N) is 2. The van der Waals surface area contributed by atoms with E-state index >= 15 is 0 Å².